The van der Waals surface area contributed by atoms with E-state index in [1.807, 2.05) is 0 Å². The van der Waals surface area contributed by atoms with E-state index in [1.165, 1.54) is 0 Å². The van der Waals surface area contributed by atoms with Crippen molar-refractivity contribution in [2.45, 2.75) is 6.54 Å². The fourth-order valence-electron chi connectivity index (χ4n) is 1.38. The molecule has 0 atom stereocenters. The second-order valence-corrected chi connectivity index (χ2v) is 3.36. The Bertz CT molecular complexity index is 366. The molecule has 16 heavy (non-hydrogen) atoms. The van der Waals surface area contributed by atoms with Crippen molar-refractivity contribution in [3.8, 4) is 0 Å². The van der Waals surface area contributed by atoms with Crippen molar-refractivity contribution < 1.29 is 9.53 Å². The first-order valence-electron chi connectivity index (χ1n) is 5.04. The summed E-state index contributed by atoms with van der Waals surface area (Å²) >= 11 is 0. The van der Waals surface area contributed by atoms with Crippen LogP contribution in [0.1, 0.15) is 15.9 Å². The highest BCUT2D eigenvalue weighted by atomic mass is 16.5. The van der Waals surface area contributed by atoms with Crippen LogP contribution in [0.15, 0.2) is 18.2 Å². The molecule has 1 amide bonds. The number of ether oxygens (including phenoxy) is 1. The molecule has 1 aromatic carbocycles. The molecule has 5 nitrogen and oxygen atoms in total. The van der Waals surface area contributed by atoms with Gasteiger partial charge in [0.05, 0.1) is 6.61 Å². The SMILES string of the molecule is COCCNc1ccc(C(N)=O)cc1CN. The fraction of sp³-hybridized carbons (Fsp3) is 0.364. The lowest BCUT2D eigenvalue weighted by atomic mass is 10.1. The number of carbonyl (C=O) groups excluding carboxylic acids is 1. The summed E-state index contributed by atoms with van der Waals surface area (Å²) in [6.07, 6.45) is 0. The van der Waals surface area contributed by atoms with E-state index >= 15 is 0 Å². The van der Waals surface area contributed by atoms with Crippen molar-refractivity contribution in [2.24, 2.45) is 11.5 Å². The average molecular weight is 223 g/mol. The number of benzene rings is 1. The maximum atomic E-state index is 11.0. The highest BCUT2D eigenvalue weighted by Gasteiger charge is 2.05. The monoisotopic (exact) mass is 223 g/mol. The van der Waals surface area contributed by atoms with Crippen molar-refractivity contribution >= 4 is 11.6 Å². The van der Waals surface area contributed by atoms with Gasteiger partial charge in [-0.25, -0.2) is 0 Å². The van der Waals surface area contributed by atoms with E-state index in [4.69, 9.17) is 16.2 Å². The molecule has 0 radical (unpaired) electrons. The van der Waals surface area contributed by atoms with Gasteiger partial charge < -0.3 is 21.5 Å². The summed E-state index contributed by atoms with van der Waals surface area (Å²) in [5, 5.41) is 3.17. The predicted molar refractivity (Wildman–Crippen MR) is 63.2 cm³/mol. The van der Waals surface area contributed by atoms with Crippen LogP contribution in [-0.2, 0) is 11.3 Å². The molecule has 0 aliphatic rings. The second kappa shape index (κ2) is 6.09. The minimum absolute atomic E-state index is 0.358. The van der Waals surface area contributed by atoms with E-state index < -0.39 is 5.91 Å². The number of methoxy groups -OCH3 is 1. The van der Waals surface area contributed by atoms with E-state index in [-0.39, 0.29) is 0 Å². The van der Waals surface area contributed by atoms with Crippen LogP contribution >= 0.6 is 0 Å². The molecular weight excluding hydrogens is 206 g/mol. The number of hydrogen-bond acceptors (Lipinski definition) is 4. The van der Waals surface area contributed by atoms with Gasteiger partial charge in [-0.05, 0) is 23.8 Å². The Morgan fingerprint density at radius 2 is 2.25 bits per heavy atom. The van der Waals surface area contributed by atoms with Crippen molar-refractivity contribution in [3.63, 3.8) is 0 Å². The number of primary amides is 1. The van der Waals surface area contributed by atoms with Gasteiger partial charge in [0.1, 0.15) is 0 Å². The van der Waals surface area contributed by atoms with Gasteiger partial charge in [-0.15, -0.1) is 0 Å². The molecule has 0 aliphatic heterocycles. The number of hydrogen-bond donors (Lipinski definition) is 3. The summed E-state index contributed by atoms with van der Waals surface area (Å²) in [7, 11) is 1.64. The molecule has 0 heterocycles. The van der Waals surface area contributed by atoms with Crippen molar-refractivity contribution in [2.75, 3.05) is 25.6 Å². The highest BCUT2D eigenvalue weighted by Crippen LogP contribution is 2.16. The van der Waals surface area contributed by atoms with Crippen LogP contribution in [-0.4, -0.2) is 26.2 Å². The quantitative estimate of drug-likeness (QED) is 0.605. The first-order chi connectivity index (χ1) is 7.69. The first kappa shape index (κ1) is 12.5. The number of rotatable bonds is 6. The van der Waals surface area contributed by atoms with Gasteiger partial charge in [0.25, 0.3) is 0 Å². The standard InChI is InChI=1S/C11H17N3O2/c1-16-5-4-14-10-3-2-8(11(13)15)6-9(10)7-12/h2-3,6,14H,4-5,7,12H2,1H3,(H2,13,15). The fourth-order valence-corrected chi connectivity index (χ4v) is 1.38. The van der Waals surface area contributed by atoms with Crippen molar-refractivity contribution in [1.82, 2.24) is 0 Å². The Labute approximate surface area is 94.8 Å². The zero-order chi connectivity index (χ0) is 12.0. The summed E-state index contributed by atoms with van der Waals surface area (Å²) in [5.41, 5.74) is 13.0. The van der Waals surface area contributed by atoms with E-state index in [2.05, 4.69) is 5.32 Å². The van der Waals surface area contributed by atoms with Gasteiger partial charge in [0, 0.05) is 31.5 Å². The third-order valence-corrected chi connectivity index (χ3v) is 2.23. The Kier molecular flexibility index (Phi) is 4.75. The molecule has 5 N–H and O–H groups in total. The normalized spacial score (nSPS) is 10.1. The largest absolute Gasteiger partial charge is 0.383 e. The average Bonchev–Trinajstić information content (AvgIpc) is 2.29. The van der Waals surface area contributed by atoms with Gasteiger partial charge in [0.15, 0.2) is 0 Å². The molecule has 1 rings (SSSR count). The molecule has 88 valence electrons. The highest BCUT2D eigenvalue weighted by molar-refractivity contribution is 5.93. The van der Waals surface area contributed by atoms with Gasteiger partial charge in [-0.1, -0.05) is 0 Å². The Hall–Kier alpha value is -1.59. The van der Waals surface area contributed by atoms with Gasteiger partial charge in [-0.3, -0.25) is 4.79 Å². The number of anilines is 1. The van der Waals surface area contributed by atoms with Crippen LogP contribution in [0.5, 0.6) is 0 Å². The third-order valence-electron chi connectivity index (χ3n) is 2.23. The summed E-state index contributed by atoms with van der Waals surface area (Å²) in [5.74, 6) is -0.446. The minimum atomic E-state index is -0.446. The molecule has 0 spiro atoms. The van der Waals surface area contributed by atoms with Crippen LogP contribution in [0.2, 0.25) is 0 Å². The minimum Gasteiger partial charge on any atom is -0.383 e. The Morgan fingerprint density at radius 1 is 1.50 bits per heavy atom. The van der Waals surface area contributed by atoms with E-state index in [0.717, 1.165) is 11.3 Å². The van der Waals surface area contributed by atoms with E-state index in [0.29, 0.717) is 25.3 Å². The topological polar surface area (TPSA) is 90.4 Å². The lowest BCUT2D eigenvalue weighted by molar-refractivity contribution is 0.1000. The number of nitrogens with two attached hydrogens (primary N) is 2. The lowest BCUT2D eigenvalue weighted by Crippen LogP contribution is -2.14. The summed E-state index contributed by atoms with van der Waals surface area (Å²) in [4.78, 5) is 11.0. The molecule has 0 unspecified atom stereocenters. The number of carbonyl (C=O) groups is 1. The van der Waals surface area contributed by atoms with Crippen molar-refractivity contribution in [3.05, 3.63) is 29.3 Å². The number of nitrogens with one attached hydrogen (secondary N) is 1. The first-order valence-corrected chi connectivity index (χ1v) is 5.04. The Balaban J connectivity index is 2.80. The predicted octanol–water partition coefficient (Wildman–Crippen LogP) is 0.303. The van der Waals surface area contributed by atoms with Gasteiger partial charge >= 0.3 is 0 Å². The van der Waals surface area contributed by atoms with Gasteiger partial charge in [0.2, 0.25) is 5.91 Å². The molecule has 5 heteroatoms. The maximum absolute atomic E-state index is 11.0. The lowest BCUT2D eigenvalue weighted by Gasteiger charge is -2.11. The molecule has 0 fully saturated rings. The van der Waals surface area contributed by atoms with Crippen LogP contribution in [0, 0.1) is 0 Å². The number of amides is 1. The van der Waals surface area contributed by atoms with E-state index in [9.17, 15) is 4.79 Å². The van der Waals surface area contributed by atoms with Crippen LogP contribution in [0.4, 0.5) is 5.69 Å². The summed E-state index contributed by atoms with van der Waals surface area (Å²) in [6, 6.07) is 5.19. The summed E-state index contributed by atoms with van der Waals surface area (Å²) < 4.78 is 4.93. The van der Waals surface area contributed by atoms with Crippen molar-refractivity contribution in [1.29, 1.82) is 0 Å². The smallest absolute Gasteiger partial charge is 0.248 e. The Morgan fingerprint density at radius 3 is 2.81 bits per heavy atom. The zero-order valence-corrected chi connectivity index (χ0v) is 9.32. The van der Waals surface area contributed by atoms with Gasteiger partial charge in [-0.2, -0.15) is 0 Å². The maximum Gasteiger partial charge on any atom is 0.248 e. The molecule has 0 saturated carbocycles. The zero-order valence-electron chi connectivity index (χ0n) is 9.32. The summed E-state index contributed by atoms with van der Waals surface area (Å²) in [6.45, 7) is 1.66. The molecule has 0 aromatic heterocycles. The molecular formula is C11H17N3O2. The third kappa shape index (κ3) is 3.22. The van der Waals surface area contributed by atoms with Crippen LogP contribution in [0.25, 0.3) is 0 Å². The van der Waals surface area contributed by atoms with Crippen LogP contribution < -0.4 is 16.8 Å². The molecule has 0 saturated heterocycles. The van der Waals surface area contributed by atoms with Crippen LogP contribution in [0.3, 0.4) is 0 Å². The molecule has 0 aliphatic carbocycles. The molecule has 0 bridgehead atoms. The van der Waals surface area contributed by atoms with E-state index in [1.54, 1.807) is 25.3 Å². The second-order valence-electron chi connectivity index (χ2n) is 3.36. The molecule has 1 aromatic rings.